The van der Waals surface area contributed by atoms with Crippen LogP contribution in [0.25, 0.3) is 0 Å². The molecule has 0 bridgehead atoms. The molecular weight excluding hydrogens is 200 g/mol. The highest BCUT2D eigenvalue weighted by Gasteiger charge is 2.18. The van der Waals surface area contributed by atoms with Crippen LogP contribution < -0.4 is 11.1 Å². The summed E-state index contributed by atoms with van der Waals surface area (Å²) in [5.41, 5.74) is 7.87. The number of nitrogens with zero attached hydrogens (tertiary/aromatic N) is 2. The molecule has 1 aliphatic carbocycles. The summed E-state index contributed by atoms with van der Waals surface area (Å²) in [7, 11) is 0. The molecule has 2 rings (SSSR count). The molecule has 0 radical (unpaired) electrons. The molecule has 1 fully saturated rings. The topological polar surface area (TPSA) is 63.8 Å². The lowest BCUT2D eigenvalue weighted by molar-refractivity contribution is 0.410. The Labute approximate surface area is 96.7 Å². The second kappa shape index (κ2) is 4.78. The van der Waals surface area contributed by atoms with Crippen LogP contribution in [0.15, 0.2) is 6.20 Å². The van der Waals surface area contributed by atoms with E-state index < -0.39 is 0 Å². The Balaban J connectivity index is 1.96. The highest BCUT2D eigenvalue weighted by molar-refractivity contribution is 5.34. The summed E-state index contributed by atoms with van der Waals surface area (Å²) in [6.45, 7) is 3.97. The van der Waals surface area contributed by atoms with Gasteiger partial charge in [0.2, 0.25) is 0 Å². The fourth-order valence-electron chi connectivity index (χ4n) is 2.08. The summed E-state index contributed by atoms with van der Waals surface area (Å²) in [6.07, 6.45) is 6.30. The molecule has 0 spiro atoms. The summed E-state index contributed by atoms with van der Waals surface area (Å²) < 4.78 is 0. The summed E-state index contributed by atoms with van der Waals surface area (Å²) in [4.78, 5) is 8.79. The van der Waals surface area contributed by atoms with E-state index in [0.717, 1.165) is 42.9 Å². The molecule has 0 unspecified atom stereocenters. The van der Waals surface area contributed by atoms with Crippen LogP contribution in [0.1, 0.15) is 37.1 Å². The highest BCUT2D eigenvalue weighted by Crippen LogP contribution is 2.20. The van der Waals surface area contributed by atoms with Crippen molar-refractivity contribution in [2.75, 3.05) is 5.32 Å². The van der Waals surface area contributed by atoms with Crippen LogP contribution in [0.2, 0.25) is 0 Å². The molecule has 0 atom stereocenters. The van der Waals surface area contributed by atoms with Crippen molar-refractivity contribution in [1.29, 1.82) is 0 Å². The third kappa shape index (κ3) is 2.70. The Bertz CT molecular complexity index is 356. The number of aromatic nitrogens is 2. The molecule has 1 aromatic rings. The van der Waals surface area contributed by atoms with Crippen LogP contribution in [-0.4, -0.2) is 22.1 Å². The van der Waals surface area contributed by atoms with E-state index in [1.165, 1.54) is 0 Å². The van der Waals surface area contributed by atoms with Crippen LogP contribution in [-0.2, 0) is 0 Å². The lowest BCUT2D eigenvalue weighted by atomic mass is 9.92. The molecule has 0 amide bonds. The fraction of sp³-hybridized carbons (Fsp3) is 0.667. The van der Waals surface area contributed by atoms with Gasteiger partial charge in [0, 0.05) is 12.1 Å². The predicted molar refractivity (Wildman–Crippen MR) is 65.4 cm³/mol. The number of anilines is 1. The average molecular weight is 220 g/mol. The lowest BCUT2D eigenvalue weighted by Gasteiger charge is -2.27. The monoisotopic (exact) mass is 220 g/mol. The third-order valence-electron chi connectivity index (χ3n) is 3.32. The minimum absolute atomic E-state index is 0.392. The molecule has 0 aromatic carbocycles. The largest absolute Gasteiger partial charge is 0.366 e. The molecule has 3 N–H and O–H groups in total. The second-order valence-corrected chi connectivity index (χ2v) is 4.68. The van der Waals surface area contributed by atoms with Crippen molar-refractivity contribution in [3.05, 3.63) is 17.6 Å². The van der Waals surface area contributed by atoms with Gasteiger partial charge in [0.05, 0.1) is 17.6 Å². The standard InChI is InChI=1S/C12H20N4/c1-8-9(2)15-12(7-14-8)16-11-5-3-10(13)4-6-11/h7,10-11H,3-6,13H2,1-2H3,(H,15,16). The molecule has 4 nitrogen and oxygen atoms in total. The van der Waals surface area contributed by atoms with Crippen molar-refractivity contribution < 1.29 is 0 Å². The van der Waals surface area contributed by atoms with Crippen LogP contribution in [0.3, 0.4) is 0 Å². The van der Waals surface area contributed by atoms with E-state index in [4.69, 9.17) is 5.73 Å². The molecule has 1 saturated carbocycles. The minimum Gasteiger partial charge on any atom is -0.366 e. The maximum Gasteiger partial charge on any atom is 0.145 e. The van der Waals surface area contributed by atoms with Gasteiger partial charge < -0.3 is 11.1 Å². The first-order chi connectivity index (χ1) is 7.65. The Hall–Kier alpha value is -1.16. The Morgan fingerprint density at radius 3 is 2.50 bits per heavy atom. The van der Waals surface area contributed by atoms with Gasteiger partial charge in [-0.25, -0.2) is 4.98 Å². The normalized spacial score (nSPS) is 25.4. The molecule has 1 aliphatic rings. The van der Waals surface area contributed by atoms with Crippen molar-refractivity contribution >= 4 is 5.82 Å². The highest BCUT2D eigenvalue weighted by atomic mass is 15.0. The van der Waals surface area contributed by atoms with Crippen molar-refractivity contribution in [2.45, 2.75) is 51.6 Å². The summed E-state index contributed by atoms with van der Waals surface area (Å²) >= 11 is 0. The molecule has 16 heavy (non-hydrogen) atoms. The second-order valence-electron chi connectivity index (χ2n) is 4.68. The number of nitrogens with one attached hydrogen (secondary N) is 1. The zero-order valence-corrected chi connectivity index (χ0v) is 10.0. The van der Waals surface area contributed by atoms with E-state index in [9.17, 15) is 0 Å². The molecule has 88 valence electrons. The molecular formula is C12H20N4. The van der Waals surface area contributed by atoms with E-state index >= 15 is 0 Å². The van der Waals surface area contributed by atoms with E-state index in [-0.39, 0.29) is 0 Å². The lowest BCUT2D eigenvalue weighted by Crippen LogP contribution is -2.33. The summed E-state index contributed by atoms with van der Waals surface area (Å²) in [5, 5.41) is 3.44. The van der Waals surface area contributed by atoms with Gasteiger partial charge in [-0.3, -0.25) is 4.98 Å². The minimum atomic E-state index is 0.392. The number of aryl methyl sites for hydroxylation is 2. The van der Waals surface area contributed by atoms with E-state index in [1.54, 1.807) is 0 Å². The summed E-state index contributed by atoms with van der Waals surface area (Å²) in [5.74, 6) is 0.892. The van der Waals surface area contributed by atoms with Crippen molar-refractivity contribution in [2.24, 2.45) is 5.73 Å². The van der Waals surface area contributed by atoms with Crippen LogP contribution in [0.5, 0.6) is 0 Å². The predicted octanol–water partition coefficient (Wildman–Crippen LogP) is 1.78. The van der Waals surface area contributed by atoms with Crippen molar-refractivity contribution in [3.8, 4) is 0 Å². The maximum atomic E-state index is 5.88. The Morgan fingerprint density at radius 2 is 1.88 bits per heavy atom. The van der Waals surface area contributed by atoms with Gasteiger partial charge in [0.15, 0.2) is 0 Å². The maximum absolute atomic E-state index is 5.88. The molecule has 4 heteroatoms. The van der Waals surface area contributed by atoms with Gasteiger partial charge >= 0.3 is 0 Å². The van der Waals surface area contributed by atoms with Crippen LogP contribution in [0, 0.1) is 13.8 Å². The van der Waals surface area contributed by atoms with Gasteiger partial charge in [-0.1, -0.05) is 0 Å². The number of hydrogen-bond donors (Lipinski definition) is 2. The van der Waals surface area contributed by atoms with E-state index in [2.05, 4.69) is 15.3 Å². The zero-order chi connectivity index (χ0) is 11.5. The third-order valence-corrected chi connectivity index (χ3v) is 3.32. The van der Waals surface area contributed by atoms with Gasteiger partial charge in [0.25, 0.3) is 0 Å². The molecule has 0 aliphatic heterocycles. The Kier molecular flexibility index (Phi) is 3.39. The first-order valence-electron chi connectivity index (χ1n) is 5.97. The van der Waals surface area contributed by atoms with Crippen molar-refractivity contribution in [1.82, 2.24) is 9.97 Å². The first-order valence-corrected chi connectivity index (χ1v) is 5.97. The first kappa shape index (κ1) is 11.3. The van der Waals surface area contributed by atoms with Gasteiger partial charge in [-0.2, -0.15) is 0 Å². The number of hydrogen-bond acceptors (Lipinski definition) is 4. The average Bonchev–Trinajstić information content (AvgIpc) is 2.27. The van der Waals surface area contributed by atoms with Gasteiger partial charge in [0.1, 0.15) is 5.82 Å². The summed E-state index contributed by atoms with van der Waals surface area (Å²) in [6, 6.07) is 0.903. The molecule has 1 aromatic heterocycles. The van der Waals surface area contributed by atoms with Gasteiger partial charge in [-0.15, -0.1) is 0 Å². The number of rotatable bonds is 2. The molecule has 1 heterocycles. The van der Waals surface area contributed by atoms with E-state index in [1.807, 2.05) is 20.0 Å². The Morgan fingerprint density at radius 1 is 1.19 bits per heavy atom. The fourth-order valence-corrected chi connectivity index (χ4v) is 2.08. The molecule has 0 saturated heterocycles. The van der Waals surface area contributed by atoms with Crippen molar-refractivity contribution in [3.63, 3.8) is 0 Å². The van der Waals surface area contributed by atoms with Crippen LogP contribution in [0.4, 0.5) is 5.82 Å². The number of nitrogens with two attached hydrogens (primary N) is 1. The quantitative estimate of drug-likeness (QED) is 0.797. The zero-order valence-electron chi connectivity index (χ0n) is 10.0. The van der Waals surface area contributed by atoms with E-state index in [0.29, 0.717) is 12.1 Å². The smallest absolute Gasteiger partial charge is 0.145 e. The SMILES string of the molecule is Cc1ncc(NC2CCC(N)CC2)nc1C. The van der Waals surface area contributed by atoms with Gasteiger partial charge in [-0.05, 0) is 39.5 Å². The van der Waals surface area contributed by atoms with Crippen LogP contribution >= 0.6 is 0 Å².